The summed E-state index contributed by atoms with van der Waals surface area (Å²) in [5.41, 5.74) is 0.385. The zero-order chi connectivity index (χ0) is 25.2. The summed E-state index contributed by atoms with van der Waals surface area (Å²) in [6, 6.07) is 11.9. The highest BCUT2D eigenvalue weighted by Gasteiger charge is 2.34. The van der Waals surface area contributed by atoms with Crippen LogP contribution in [0.3, 0.4) is 0 Å². The van der Waals surface area contributed by atoms with Crippen LogP contribution < -0.4 is 10.1 Å². The summed E-state index contributed by atoms with van der Waals surface area (Å²) in [5, 5.41) is 10.2. The quantitative estimate of drug-likeness (QED) is 0.495. The lowest BCUT2D eigenvalue weighted by Gasteiger charge is -2.30. The predicted molar refractivity (Wildman–Crippen MR) is 126 cm³/mol. The molecule has 186 valence electrons. The number of ether oxygens (including phenoxy) is 1. The number of rotatable bonds is 7. The number of hydrogen-bond acceptors (Lipinski definition) is 9. The smallest absolute Gasteiger partial charge is 0.322 e. The zero-order valence-corrected chi connectivity index (χ0v) is 20.7. The standard InChI is InChI=1S/C22H24N4O7S2/c1-32-17-8-10-18(11-9-17)35(30,31)26-12-4-6-16(14-26)20(27)23-22-25-24-21(33-22)15-5-3-7-19(13-15)34(2,28)29/h3,5,7-11,13,16H,4,6,12,14H2,1-2H3,(H,23,25,27). The maximum Gasteiger partial charge on any atom is 0.322 e. The number of benzene rings is 2. The second kappa shape index (κ2) is 9.76. The van der Waals surface area contributed by atoms with Crippen LogP contribution in [0.1, 0.15) is 12.8 Å². The number of anilines is 1. The van der Waals surface area contributed by atoms with Gasteiger partial charge >= 0.3 is 6.01 Å². The molecule has 0 radical (unpaired) electrons. The van der Waals surface area contributed by atoms with Crippen molar-refractivity contribution in [1.82, 2.24) is 14.5 Å². The molecule has 13 heteroatoms. The molecular formula is C22H24N4O7S2. The van der Waals surface area contributed by atoms with Crippen molar-refractivity contribution in [3.63, 3.8) is 0 Å². The number of aromatic nitrogens is 2. The molecule has 1 atom stereocenters. The maximum atomic E-state index is 13.0. The molecular weight excluding hydrogens is 496 g/mol. The molecule has 4 rings (SSSR count). The lowest BCUT2D eigenvalue weighted by atomic mass is 9.99. The van der Waals surface area contributed by atoms with Gasteiger partial charge in [0.2, 0.25) is 21.8 Å². The molecule has 1 aromatic heterocycles. The summed E-state index contributed by atoms with van der Waals surface area (Å²) in [7, 11) is -5.70. The van der Waals surface area contributed by atoms with Crippen LogP contribution >= 0.6 is 0 Å². The van der Waals surface area contributed by atoms with E-state index in [1.54, 1.807) is 24.3 Å². The molecule has 3 aromatic rings. The minimum absolute atomic E-state index is 0.0115. The van der Waals surface area contributed by atoms with Gasteiger partial charge in [-0.3, -0.25) is 10.1 Å². The summed E-state index contributed by atoms with van der Waals surface area (Å²) in [6.07, 6.45) is 2.10. The minimum atomic E-state index is -3.78. The van der Waals surface area contributed by atoms with E-state index < -0.39 is 31.7 Å². The van der Waals surface area contributed by atoms with Crippen molar-refractivity contribution in [2.75, 3.05) is 31.8 Å². The normalized spacial score (nSPS) is 17.1. The van der Waals surface area contributed by atoms with E-state index in [0.717, 1.165) is 6.26 Å². The van der Waals surface area contributed by atoms with Gasteiger partial charge in [0, 0.05) is 24.9 Å². The summed E-state index contributed by atoms with van der Waals surface area (Å²) in [6.45, 7) is 0.317. The van der Waals surface area contributed by atoms with Crippen molar-refractivity contribution < 1.29 is 30.8 Å². The van der Waals surface area contributed by atoms with Crippen LogP contribution in [0.4, 0.5) is 6.01 Å². The highest BCUT2D eigenvalue weighted by atomic mass is 32.2. The fourth-order valence-corrected chi connectivity index (χ4v) is 5.92. The molecule has 2 heterocycles. The molecule has 0 aliphatic carbocycles. The van der Waals surface area contributed by atoms with Gasteiger partial charge in [-0.2, -0.15) is 4.31 Å². The van der Waals surface area contributed by atoms with Crippen LogP contribution in [0, 0.1) is 5.92 Å². The first-order valence-electron chi connectivity index (χ1n) is 10.7. The van der Waals surface area contributed by atoms with E-state index in [1.165, 1.54) is 35.7 Å². The number of nitrogens with zero attached hydrogens (tertiary/aromatic N) is 3. The Morgan fingerprint density at radius 2 is 1.83 bits per heavy atom. The summed E-state index contributed by atoms with van der Waals surface area (Å²) < 4.78 is 61.5. The van der Waals surface area contributed by atoms with Crippen molar-refractivity contribution in [2.45, 2.75) is 22.6 Å². The highest BCUT2D eigenvalue weighted by Crippen LogP contribution is 2.27. The van der Waals surface area contributed by atoms with Crippen molar-refractivity contribution in [1.29, 1.82) is 0 Å². The molecule has 1 saturated heterocycles. The second-order valence-electron chi connectivity index (χ2n) is 8.08. The molecule has 0 bridgehead atoms. The van der Waals surface area contributed by atoms with Gasteiger partial charge in [-0.15, -0.1) is 5.10 Å². The largest absolute Gasteiger partial charge is 0.497 e. The summed E-state index contributed by atoms with van der Waals surface area (Å²) in [4.78, 5) is 13.1. The van der Waals surface area contributed by atoms with Crippen molar-refractivity contribution in [2.24, 2.45) is 5.92 Å². The molecule has 1 fully saturated rings. The third kappa shape index (κ3) is 5.52. The Kier molecular flexibility index (Phi) is 6.92. The number of sulfonamides is 1. The molecule has 1 N–H and O–H groups in total. The maximum absolute atomic E-state index is 13.0. The monoisotopic (exact) mass is 520 g/mol. The molecule has 0 spiro atoms. The number of nitrogens with one attached hydrogen (secondary N) is 1. The van der Waals surface area contributed by atoms with Gasteiger partial charge in [0.1, 0.15) is 5.75 Å². The first kappa shape index (κ1) is 24.8. The zero-order valence-electron chi connectivity index (χ0n) is 19.0. The van der Waals surface area contributed by atoms with E-state index in [9.17, 15) is 21.6 Å². The van der Waals surface area contributed by atoms with E-state index in [4.69, 9.17) is 9.15 Å². The Labute approximate surface area is 203 Å². The summed E-state index contributed by atoms with van der Waals surface area (Å²) >= 11 is 0. The van der Waals surface area contributed by atoms with Crippen molar-refractivity contribution in [3.8, 4) is 17.2 Å². The Bertz CT molecular complexity index is 1430. The van der Waals surface area contributed by atoms with E-state index in [2.05, 4.69) is 15.5 Å². The van der Waals surface area contributed by atoms with Gasteiger partial charge in [0.25, 0.3) is 0 Å². The Morgan fingerprint density at radius 1 is 1.09 bits per heavy atom. The van der Waals surface area contributed by atoms with Gasteiger partial charge in [-0.25, -0.2) is 16.8 Å². The van der Waals surface area contributed by atoms with Gasteiger partial charge < -0.3 is 9.15 Å². The number of piperidine rings is 1. The lowest BCUT2D eigenvalue weighted by molar-refractivity contribution is -0.121. The third-order valence-electron chi connectivity index (χ3n) is 5.62. The number of amides is 1. The predicted octanol–water partition coefficient (Wildman–Crippen LogP) is 2.19. The minimum Gasteiger partial charge on any atom is -0.497 e. The molecule has 11 nitrogen and oxygen atoms in total. The van der Waals surface area contributed by atoms with Crippen LogP contribution in [0.25, 0.3) is 11.5 Å². The average Bonchev–Trinajstić information content (AvgIpc) is 3.32. The number of carbonyl (C=O) groups excluding carboxylic acids is 1. The van der Waals surface area contributed by atoms with Crippen LogP contribution in [-0.4, -0.2) is 63.7 Å². The van der Waals surface area contributed by atoms with Crippen LogP contribution in [0.5, 0.6) is 5.75 Å². The Balaban J connectivity index is 1.45. The van der Waals surface area contributed by atoms with Crippen molar-refractivity contribution in [3.05, 3.63) is 48.5 Å². The Hall–Kier alpha value is -3.29. The van der Waals surface area contributed by atoms with Crippen molar-refractivity contribution >= 4 is 31.8 Å². The van der Waals surface area contributed by atoms with Gasteiger partial charge in [-0.05, 0) is 55.3 Å². The first-order valence-corrected chi connectivity index (χ1v) is 14.0. The molecule has 2 aromatic carbocycles. The molecule has 35 heavy (non-hydrogen) atoms. The summed E-state index contributed by atoms with van der Waals surface area (Å²) in [5.74, 6) is -0.472. The average molecular weight is 521 g/mol. The lowest BCUT2D eigenvalue weighted by Crippen LogP contribution is -2.43. The highest BCUT2D eigenvalue weighted by molar-refractivity contribution is 7.90. The third-order valence-corrected chi connectivity index (χ3v) is 8.61. The van der Waals surface area contributed by atoms with Gasteiger partial charge in [0.15, 0.2) is 9.84 Å². The fourth-order valence-electron chi connectivity index (χ4n) is 3.73. The second-order valence-corrected chi connectivity index (χ2v) is 12.0. The van der Waals surface area contributed by atoms with E-state index in [1.807, 2.05) is 0 Å². The molecule has 1 unspecified atom stereocenters. The first-order chi connectivity index (χ1) is 16.6. The Morgan fingerprint density at radius 3 is 2.51 bits per heavy atom. The topological polar surface area (TPSA) is 149 Å². The van der Waals surface area contributed by atoms with Crippen LogP contribution in [0.2, 0.25) is 0 Å². The molecule has 1 aliphatic heterocycles. The molecule has 1 amide bonds. The van der Waals surface area contributed by atoms with Gasteiger partial charge in [0.05, 0.1) is 22.8 Å². The molecule has 0 saturated carbocycles. The van der Waals surface area contributed by atoms with Gasteiger partial charge in [-0.1, -0.05) is 11.2 Å². The SMILES string of the molecule is COc1ccc(S(=O)(=O)N2CCCC(C(=O)Nc3nnc(-c4cccc(S(C)(=O)=O)c4)o3)C2)cc1. The van der Waals surface area contributed by atoms with Crippen LogP contribution in [0.15, 0.2) is 62.7 Å². The van der Waals surface area contributed by atoms with Crippen LogP contribution in [-0.2, 0) is 24.7 Å². The van der Waals surface area contributed by atoms with E-state index >= 15 is 0 Å². The number of sulfone groups is 1. The number of carbonyl (C=O) groups is 1. The van der Waals surface area contributed by atoms with E-state index in [-0.39, 0.29) is 28.2 Å². The molecule has 1 aliphatic rings. The number of methoxy groups -OCH3 is 1. The number of hydrogen-bond donors (Lipinski definition) is 1. The fraction of sp³-hybridized carbons (Fsp3) is 0.318. The van der Waals surface area contributed by atoms with E-state index in [0.29, 0.717) is 30.7 Å².